The van der Waals surface area contributed by atoms with E-state index in [0.717, 1.165) is 6.20 Å². The van der Waals surface area contributed by atoms with Crippen molar-refractivity contribution in [3.63, 3.8) is 0 Å². The molecule has 1 aliphatic heterocycles. The van der Waals surface area contributed by atoms with Crippen LogP contribution in [-0.2, 0) is 4.74 Å². The minimum absolute atomic E-state index is 0.0194. The summed E-state index contributed by atoms with van der Waals surface area (Å²) in [6.45, 7) is -0.495. The molecule has 1 aliphatic rings. The van der Waals surface area contributed by atoms with Crippen LogP contribution >= 0.6 is 0 Å². The van der Waals surface area contributed by atoms with Crippen molar-refractivity contribution in [1.82, 2.24) is 15.0 Å². The fraction of sp³-hybridized carbons (Fsp3) is 0.417. The molecule has 3 rings (SSSR count). The first-order valence-corrected chi connectivity index (χ1v) is 6.19. The minimum atomic E-state index is -1.37. The number of nitrogens with zero attached hydrogens (tertiary/aromatic N) is 2. The fourth-order valence-electron chi connectivity index (χ4n) is 2.34. The maximum Gasteiger partial charge on any atom is 0.255 e. The zero-order chi connectivity index (χ0) is 15.1. The van der Waals surface area contributed by atoms with Crippen LogP contribution in [0, 0.1) is 5.95 Å². The number of aliphatic hydroxyl groups is 3. The second kappa shape index (κ2) is 5.11. The lowest BCUT2D eigenvalue weighted by Crippen LogP contribution is -2.33. The fourth-order valence-corrected chi connectivity index (χ4v) is 2.34. The van der Waals surface area contributed by atoms with E-state index in [-0.39, 0.29) is 16.7 Å². The molecule has 0 amide bonds. The molecule has 4 atom stereocenters. The number of fused-ring (bicyclic) bond motifs is 1. The Balaban J connectivity index is 2.07. The average molecular weight is 297 g/mol. The van der Waals surface area contributed by atoms with Crippen LogP contribution in [0.15, 0.2) is 17.1 Å². The third-order valence-electron chi connectivity index (χ3n) is 3.41. The van der Waals surface area contributed by atoms with Gasteiger partial charge in [0.15, 0.2) is 5.65 Å². The maximum absolute atomic E-state index is 13.0. The van der Waals surface area contributed by atoms with E-state index < -0.39 is 42.5 Å². The van der Waals surface area contributed by atoms with Crippen molar-refractivity contribution in [2.24, 2.45) is 0 Å². The van der Waals surface area contributed by atoms with Gasteiger partial charge in [-0.2, -0.15) is 9.37 Å². The molecule has 9 heteroatoms. The van der Waals surface area contributed by atoms with Crippen LogP contribution < -0.4 is 5.56 Å². The second-order valence-electron chi connectivity index (χ2n) is 4.74. The second-order valence-corrected chi connectivity index (χ2v) is 4.74. The summed E-state index contributed by atoms with van der Waals surface area (Å²) in [6.07, 6.45) is -3.89. The number of hydrogen-bond acceptors (Lipinski definition) is 7. The highest BCUT2D eigenvalue weighted by Gasteiger charge is 2.44. The van der Waals surface area contributed by atoms with Gasteiger partial charge in [-0.1, -0.05) is 0 Å². The summed E-state index contributed by atoms with van der Waals surface area (Å²) >= 11 is 0. The summed E-state index contributed by atoms with van der Waals surface area (Å²) in [5.41, 5.74) is -0.442. The Labute approximate surface area is 116 Å². The van der Waals surface area contributed by atoms with Crippen LogP contribution in [0.1, 0.15) is 11.7 Å². The van der Waals surface area contributed by atoms with Crippen molar-refractivity contribution in [1.29, 1.82) is 0 Å². The molecule has 0 radical (unpaired) electrons. The average Bonchev–Trinajstić information content (AvgIpc) is 2.74. The number of rotatable bonds is 2. The topological polar surface area (TPSA) is 129 Å². The molecule has 1 unspecified atom stereocenters. The predicted molar refractivity (Wildman–Crippen MR) is 66.8 cm³/mol. The van der Waals surface area contributed by atoms with Crippen molar-refractivity contribution in [2.75, 3.05) is 6.61 Å². The zero-order valence-electron chi connectivity index (χ0n) is 10.6. The summed E-state index contributed by atoms with van der Waals surface area (Å²) in [6, 6.07) is 1.31. The SMILES string of the molecule is O=c1[nH]c2nc(F)cnc2cc1[C@@H]1O[C@H](CO)[C@H](O)C1O. The Morgan fingerprint density at radius 3 is 2.81 bits per heavy atom. The van der Waals surface area contributed by atoms with Crippen LogP contribution in [0.2, 0.25) is 0 Å². The first-order chi connectivity index (χ1) is 10.0. The molecular weight excluding hydrogens is 285 g/mol. The number of aromatic amines is 1. The van der Waals surface area contributed by atoms with Crippen LogP contribution in [0.3, 0.4) is 0 Å². The zero-order valence-corrected chi connectivity index (χ0v) is 10.6. The molecule has 2 aromatic heterocycles. The van der Waals surface area contributed by atoms with Crippen LogP contribution in [0.25, 0.3) is 11.2 Å². The van der Waals surface area contributed by atoms with E-state index in [0.29, 0.717) is 0 Å². The number of H-pyrrole nitrogens is 1. The summed E-state index contributed by atoms with van der Waals surface area (Å²) < 4.78 is 18.2. The molecule has 112 valence electrons. The third kappa shape index (κ3) is 2.29. The van der Waals surface area contributed by atoms with Gasteiger partial charge < -0.3 is 25.0 Å². The first kappa shape index (κ1) is 14.0. The van der Waals surface area contributed by atoms with Gasteiger partial charge in [0.2, 0.25) is 5.95 Å². The highest BCUT2D eigenvalue weighted by Crippen LogP contribution is 2.32. The van der Waals surface area contributed by atoms with Crippen molar-refractivity contribution >= 4 is 11.2 Å². The molecule has 0 spiro atoms. The molecule has 0 aromatic carbocycles. The minimum Gasteiger partial charge on any atom is -0.394 e. The lowest BCUT2D eigenvalue weighted by atomic mass is 10.0. The van der Waals surface area contributed by atoms with Crippen molar-refractivity contribution in [3.8, 4) is 0 Å². The number of nitrogens with one attached hydrogen (secondary N) is 1. The Morgan fingerprint density at radius 1 is 1.38 bits per heavy atom. The Kier molecular flexibility index (Phi) is 3.41. The molecule has 0 bridgehead atoms. The van der Waals surface area contributed by atoms with Gasteiger partial charge in [-0.3, -0.25) is 4.79 Å². The molecule has 1 saturated heterocycles. The number of halogens is 1. The molecule has 0 aliphatic carbocycles. The molecule has 2 aromatic rings. The largest absolute Gasteiger partial charge is 0.394 e. The van der Waals surface area contributed by atoms with E-state index in [4.69, 9.17) is 9.84 Å². The standard InChI is InChI=1S/C12H12FN3O5/c13-7-2-14-5-1-4(12(20)16-11(5)15-7)10-9(19)8(18)6(3-17)21-10/h1-2,6,8-10,17-19H,3H2,(H,15,16,20)/t6-,8+,9?,10+/m1/s1. The third-order valence-corrected chi connectivity index (χ3v) is 3.41. The van der Waals surface area contributed by atoms with Gasteiger partial charge >= 0.3 is 0 Å². The van der Waals surface area contributed by atoms with E-state index >= 15 is 0 Å². The highest BCUT2D eigenvalue weighted by molar-refractivity contribution is 5.69. The lowest BCUT2D eigenvalue weighted by molar-refractivity contribution is -0.0231. The first-order valence-electron chi connectivity index (χ1n) is 6.19. The molecule has 21 heavy (non-hydrogen) atoms. The summed E-state index contributed by atoms with van der Waals surface area (Å²) in [4.78, 5) is 21.6. The Bertz CT molecular complexity index is 736. The van der Waals surface area contributed by atoms with E-state index in [9.17, 15) is 19.4 Å². The summed E-state index contributed by atoms with van der Waals surface area (Å²) in [5.74, 6) is -0.834. The van der Waals surface area contributed by atoms with Crippen molar-refractivity contribution in [3.05, 3.63) is 34.1 Å². The van der Waals surface area contributed by atoms with Gasteiger partial charge in [0.1, 0.15) is 29.9 Å². The van der Waals surface area contributed by atoms with E-state index in [1.807, 2.05) is 0 Å². The van der Waals surface area contributed by atoms with Gasteiger partial charge in [-0.15, -0.1) is 0 Å². The molecular formula is C12H12FN3O5. The molecule has 8 nitrogen and oxygen atoms in total. The molecule has 1 fully saturated rings. The summed E-state index contributed by atoms with van der Waals surface area (Å²) in [7, 11) is 0. The molecule has 0 saturated carbocycles. The van der Waals surface area contributed by atoms with E-state index in [1.54, 1.807) is 0 Å². The number of aromatic nitrogens is 3. The summed E-state index contributed by atoms with van der Waals surface area (Å²) in [5, 5.41) is 28.7. The van der Waals surface area contributed by atoms with Crippen LogP contribution in [0.4, 0.5) is 4.39 Å². The van der Waals surface area contributed by atoms with Gasteiger partial charge in [0.25, 0.3) is 5.56 Å². The lowest BCUT2D eigenvalue weighted by Gasteiger charge is -2.14. The quantitative estimate of drug-likeness (QED) is 0.537. The predicted octanol–water partition coefficient (Wildman–Crippen LogP) is -1.39. The number of pyridine rings is 1. The number of aliphatic hydroxyl groups excluding tert-OH is 3. The molecule has 3 heterocycles. The van der Waals surface area contributed by atoms with Crippen molar-refractivity contribution in [2.45, 2.75) is 24.4 Å². The van der Waals surface area contributed by atoms with Gasteiger partial charge in [-0.05, 0) is 6.07 Å². The Hall–Kier alpha value is -1.94. The molecule has 4 N–H and O–H groups in total. The van der Waals surface area contributed by atoms with Crippen molar-refractivity contribution < 1.29 is 24.4 Å². The van der Waals surface area contributed by atoms with Crippen LogP contribution in [0.5, 0.6) is 0 Å². The van der Waals surface area contributed by atoms with Gasteiger partial charge in [0.05, 0.1) is 18.4 Å². The number of hydrogen-bond donors (Lipinski definition) is 4. The van der Waals surface area contributed by atoms with Gasteiger partial charge in [-0.25, -0.2) is 4.98 Å². The monoisotopic (exact) mass is 297 g/mol. The van der Waals surface area contributed by atoms with E-state index in [2.05, 4.69) is 15.0 Å². The Morgan fingerprint density at radius 2 is 2.14 bits per heavy atom. The number of ether oxygens (including phenoxy) is 1. The highest BCUT2D eigenvalue weighted by atomic mass is 19.1. The maximum atomic E-state index is 13.0. The van der Waals surface area contributed by atoms with E-state index in [1.165, 1.54) is 6.07 Å². The smallest absolute Gasteiger partial charge is 0.255 e. The van der Waals surface area contributed by atoms with Crippen LogP contribution in [-0.4, -0.2) is 55.2 Å². The normalized spacial score (nSPS) is 29.1. The van der Waals surface area contributed by atoms with Gasteiger partial charge in [0, 0.05) is 0 Å².